The summed E-state index contributed by atoms with van der Waals surface area (Å²) >= 11 is 0. The number of hydrogen-bond donors (Lipinski definition) is 1. The molecule has 0 saturated carbocycles. The number of carbonyl (C=O) groups is 1. The summed E-state index contributed by atoms with van der Waals surface area (Å²) in [5.74, 6) is 0.110. The Morgan fingerprint density at radius 3 is 2.65 bits per heavy atom. The average molecular weight is 244 g/mol. The number of nitrogens with zero attached hydrogens (tertiary/aromatic N) is 2. The normalized spacial score (nSPS) is 19.0. The summed E-state index contributed by atoms with van der Waals surface area (Å²) in [6.07, 6.45) is 0.0331. The van der Waals surface area contributed by atoms with Crippen molar-refractivity contribution in [1.29, 1.82) is 0 Å². The van der Waals surface area contributed by atoms with Crippen molar-refractivity contribution < 1.29 is 14.6 Å². The lowest BCUT2D eigenvalue weighted by Gasteiger charge is -2.30. The van der Waals surface area contributed by atoms with E-state index in [9.17, 15) is 9.90 Å². The zero-order chi connectivity index (χ0) is 12.7. The standard InChI is InChI=1S/C12H24N2O3/c1-3-12(16)14(10-11(2)15)5-4-13-6-8-17-9-7-13/h11,15H,3-10H2,1-2H3. The number of aliphatic hydroxyl groups is 1. The Labute approximate surface area is 103 Å². The molecule has 100 valence electrons. The SMILES string of the molecule is CCC(=O)N(CCN1CCOCC1)CC(C)O. The highest BCUT2D eigenvalue weighted by Gasteiger charge is 2.16. The predicted molar refractivity (Wildman–Crippen MR) is 65.8 cm³/mol. The van der Waals surface area contributed by atoms with E-state index in [2.05, 4.69) is 4.90 Å². The lowest BCUT2D eigenvalue weighted by Crippen LogP contribution is -2.44. The Hall–Kier alpha value is -0.650. The Bertz CT molecular complexity index is 228. The van der Waals surface area contributed by atoms with Crippen LogP contribution in [0.1, 0.15) is 20.3 Å². The van der Waals surface area contributed by atoms with Crippen LogP contribution in [-0.2, 0) is 9.53 Å². The molecule has 0 bridgehead atoms. The van der Waals surface area contributed by atoms with Crippen molar-refractivity contribution in [1.82, 2.24) is 9.80 Å². The number of morpholine rings is 1. The highest BCUT2D eigenvalue weighted by atomic mass is 16.5. The lowest BCUT2D eigenvalue weighted by atomic mass is 10.3. The van der Waals surface area contributed by atoms with E-state index in [1.54, 1.807) is 11.8 Å². The number of amides is 1. The molecule has 1 N–H and O–H groups in total. The quantitative estimate of drug-likeness (QED) is 0.711. The molecule has 1 amide bonds. The maximum Gasteiger partial charge on any atom is 0.222 e. The van der Waals surface area contributed by atoms with Gasteiger partial charge in [-0.05, 0) is 6.92 Å². The predicted octanol–water partition coefficient (Wildman–Crippen LogP) is -0.0620. The molecule has 5 heteroatoms. The van der Waals surface area contributed by atoms with Crippen molar-refractivity contribution in [2.45, 2.75) is 26.4 Å². The van der Waals surface area contributed by atoms with Crippen LogP contribution in [-0.4, -0.2) is 72.9 Å². The lowest BCUT2D eigenvalue weighted by molar-refractivity contribution is -0.132. The average Bonchev–Trinajstić information content (AvgIpc) is 2.34. The highest BCUT2D eigenvalue weighted by Crippen LogP contribution is 2.01. The zero-order valence-corrected chi connectivity index (χ0v) is 10.9. The number of rotatable bonds is 6. The third-order valence-corrected chi connectivity index (χ3v) is 2.93. The molecule has 1 atom stereocenters. The van der Waals surface area contributed by atoms with Gasteiger partial charge >= 0.3 is 0 Å². The third kappa shape index (κ3) is 5.48. The summed E-state index contributed by atoms with van der Waals surface area (Å²) < 4.78 is 5.28. The van der Waals surface area contributed by atoms with E-state index in [1.807, 2.05) is 6.92 Å². The van der Waals surface area contributed by atoms with Crippen LogP contribution in [0.5, 0.6) is 0 Å². The van der Waals surface area contributed by atoms with Crippen molar-refractivity contribution in [3.63, 3.8) is 0 Å². The Balaban J connectivity index is 2.34. The van der Waals surface area contributed by atoms with E-state index in [1.165, 1.54) is 0 Å². The molecule has 0 aromatic heterocycles. The van der Waals surface area contributed by atoms with Gasteiger partial charge in [0.15, 0.2) is 0 Å². The van der Waals surface area contributed by atoms with Gasteiger partial charge in [-0.1, -0.05) is 6.92 Å². The molecule has 1 fully saturated rings. The Morgan fingerprint density at radius 1 is 1.47 bits per heavy atom. The van der Waals surface area contributed by atoms with E-state index < -0.39 is 6.10 Å². The summed E-state index contributed by atoms with van der Waals surface area (Å²) in [5.41, 5.74) is 0. The van der Waals surface area contributed by atoms with Crippen LogP contribution in [0.15, 0.2) is 0 Å². The molecule has 0 aromatic rings. The van der Waals surface area contributed by atoms with E-state index >= 15 is 0 Å². The third-order valence-electron chi connectivity index (χ3n) is 2.93. The van der Waals surface area contributed by atoms with E-state index in [-0.39, 0.29) is 5.91 Å². The molecular weight excluding hydrogens is 220 g/mol. The highest BCUT2D eigenvalue weighted by molar-refractivity contribution is 5.75. The Kier molecular flexibility index (Phi) is 6.47. The largest absolute Gasteiger partial charge is 0.392 e. The van der Waals surface area contributed by atoms with Gasteiger partial charge in [-0.3, -0.25) is 9.69 Å². The molecule has 1 heterocycles. The first kappa shape index (κ1) is 14.4. The molecule has 1 aliphatic heterocycles. The molecule has 17 heavy (non-hydrogen) atoms. The van der Waals surface area contributed by atoms with Crippen LogP contribution in [0, 0.1) is 0 Å². The zero-order valence-electron chi connectivity index (χ0n) is 10.9. The number of carbonyl (C=O) groups excluding carboxylic acids is 1. The molecule has 1 rings (SSSR count). The van der Waals surface area contributed by atoms with Gasteiger partial charge in [0.25, 0.3) is 0 Å². The van der Waals surface area contributed by atoms with E-state index in [0.717, 1.165) is 32.8 Å². The molecule has 0 radical (unpaired) electrons. The molecule has 1 aliphatic rings. The fourth-order valence-corrected chi connectivity index (χ4v) is 1.95. The van der Waals surface area contributed by atoms with Crippen molar-refractivity contribution >= 4 is 5.91 Å². The van der Waals surface area contributed by atoms with Crippen LogP contribution in [0.2, 0.25) is 0 Å². The minimum atomic E-state index is -0.463. The second-order valence-electron chi connectivity index (χ2n) is 4.50. The van der Waals surface area contributed by atoms with Crippen molar-refractivity contribution in [3.05, 3.63) is 0 Å². The fraction of sp³-hybridized carbons (Fsp3) is 0.917. The molecule has 0 aliphatic carbocycles. The topological polar surface area (TPSA) is 53.0 Å². The first-order chi connectivity index (χ1) is 8.13. The summed E-state index contributed by atoms with van der Waals surface area (Å²) in [4.78, 5) is 15.7. The molecule has 1 unspecified atom stereocenters. The van der Waals surface area contributed by atoms with Crippen LogP contribution in [0.4, 0.5) is 0 Å². The number of ether oxygens (including phenoxy) is 1. The van der Waals surface area contributed by atoms with Gasteiger partial charge in [0.1, 0.15) is 0 Å². The molecule has 1 saturated heterocycles. The summed E-state index contributed by atoms with van der Waals surface area (Å²) in [6, 6.07) is 0. The molecule has 0 spiro atoms. The second kappa shape index (κ2) is 7.63. The van der Waals surface area contributed by atoms with Gasteiger partial charge in [-0.15, -0.1) is 0 Å². The Morgan fingerprint density at radius 2 is 2.12 bits per heavy atom. The molecule has 0 aromatic carbocycles. The fourth-order valence-electron chi connectivity index (χ4n) is 1.95. The van der Waals surface area contributed by atoms with Gasteiger partial charge in [-0.25, -0.2) is 0 Å². The van der Waals surface area contributed by atoms with Crippen molar-refractivity contribution in [2.24, 2.45) is 0 Å². The second-order valence-corrected chi connectivity index (χ2v) is 4.50. The van der Waals surface area contributed by atoms with Crippen LogP contribution in [0.25, 0.3) is 0 Å². The van der Waals surface area contributed by atoms with Crippen LogP contribution >= 0.6 is 0 Å². The summed E-state index contributed by atoms with van der Waals surface area (Å²) in [7, 11) is 0. The van der Waals surface area contributed by atoms with Gasteiger partial charge in [-0.2, -0.15) is 0 Å². The number of hydrogen-bond acceptors (Lipinski definition) is 4. The maximum atomic E-state index is 11.7. The van der Waals surface area contributed by atoms with E-state index in [0.29, 0.717) is 19.5 Å². The van der Waals surface area contributed by atoms with Gasteiger partial charge in [0.2, 0.25) is 5.91 Å². The minimum Gasteiger partial charge on any atom is -0.392 e. The van der Waals surface area contributed by atoms with Gasteiger partial charge in [0, 0.05) is 39.1 Å². The maximum absolute atomic E-state index is 11.7. The first-order valence-electron chi connectivity index (χ1n) is 6.39. The summed E-state index contributed by atoms with van der Waals surface area (Å²) in [6.45, 7) is 8.97. The van der Waals surface area contributed by atoms with Gasteiger partial charge < -0.3 is 14.7 Å². The van der Waals surface area contributed by atoms with Crippen LogP contribution in [0.3, 0.4) is 0 Å². The minimum absolute atomic E-state index is 0.110. The molecule has 5 nitrogen and oxygen atoms in total. The van der Waals surface area contributed by atoms with Crippen molar-refractivity contribution in [2.75, 3.05) is 45.9 Å². The van der Waals surface area contributed by atoms with Crippen molar-refractivity contribution in [3.8, 4) is 0 Å². The van der Waals surface area contributed by atoms with Crippen LogP contribution < -0.4 is 0 Å². The smallest absolute Gasteiger partial charge is 0.222 e. The van der Waals surface area contributed by atoms with Gasteiger partial charge in [0.05, 0.1) is 19.3 Å². The summed E-state index contributed by atoms with van der Waals surface area (Å²) in [5, 5.41) is 9.38. The van der Waals surface area contributed by atoms with E-state index in [4.69, 9.17) is 4.74 Å². The monoisotopic (exact) mass is 244 g/mol. The molecular formula is C12H24N2O3. The number of aliphatic hydroxyl groups excluding tert-OH is 1. The first-order valence-corrected chi connectivity index (χ1v) is 6.39.